The largest absolute Gasteiger partial charge is 0.198 e. The zero-order valence-corrected chi connectivity index (χ0v) is 17.6. The highest BCUT2D eigenvalue weighted by molar-refractivity contribution is 5.42. The Bertz CT molecular complexity index is 1010. The predicted molar refractivity (Wildman–Crippen MR) is 112 cm³/mol. The molecule has 3 nitrogen and oxygen atoms in total. The van der Waals surface area contributed by atoms with Gasteiger partial charge in [0.15, 0.2) is 0 Å². The van der Waals surface area contributed by atoms with Crippen molar-refractivity contribution in [3.05, 3.63) is 69.8 Å². The zero-order chi connectivity index (χ0) is 21.1. The van der Waals surface area contributed by atoms with Gasteiger partial charge in [-0.05, 0) is 70.2 Å². The Hall–Kier alpha value is -3.09. The van der Waals surface area contributed by atoms with Gasteiger partial charge in [0.1, 0.15) is 0 Å². The molecule has 0 aliphatic heterocycles. The first-order valence-electron chi connectivity index (χ1n) is 9.47. The molecule has 2 aromatic carbocycles. The lowest BCUT2D eigenvalue weighted by atomic mass is 9.81. The Morgan fingerprint density at radius 1 is 0.750 bits per heavy atom. The van der Waals surface area contributed by atoms with Crippen molar-refractivity contribution in [2.75, 3.05) is 0 Å². The summed E-state index contributed by atoms with van der Waals surface area (Å²) in [6.07, 6.45) is 0.572. The third-order valence-corrected chi connectivity index (χ3v) is 5.24. The molecule has 0 aliphatic carbocycles. The van der Waals surface area contributed by atoms with E-state index in [1.807, 2.05) is 71.9 Å². The maximum absolute atomic E-state index is 9.86. The molecule has 0 aliphatic rings. The fourth-order valence-electron chi connectivity index (χ4n) is 3.32. The summed E-state index contributed by atoms with van der Waals surface area (Å²) < 4.78 is 0. The highest BCUT2D eigenvalue weighted by Crippen LogP contribution is 2.31. The van der Waals surface area contributed by atoms with Gasteiger partial charge in [0.05, 0.1) is 35.0 Å². The molecule has 1 atom stereocenters. The highest BCUT2D eigenvalue weighted by Gasteiger charge is 2.24. The van der Waals surface area contributed by atoms with Crippen molar-refractivity contribution in [3.63, 3.8) is 0 Å². The fraction of sp³-hybridized carbons (Fsp3) is 0.400. The van der Waals surface area contributed by atoms with Crippen LogP contribution in [0, 0.1) is 47.8 Å². The van der Waals surface area contributed by atoms with Gasteiger partial charge in [-0.15, -0.1) is 0 Å². The van der Waals surface area contributed by atoms with Crippen molar-refractivity contribution in [2.45, 2.75) is 64.7 Å². The summed E-state index contributed by atoms with van der Waals surface area (Å²) in [5.41, 5.74) is 4.84. The van der Waals surface area contributed by atoms with Crippen LogP contribution >= 0.6 is 0 Å². The van der Waals surface area contributed by atoms with Gasteiger partial charge in [0.2, 0.25) is 0 Å². The molecule has 0 amide bonds. The second-order valence-electron chi connectivity index (χ2n) is 8.70. The van der Waals surface area contributed by atoms with E-state index in [9.17, 15) is 15.8 Å². The molecular weight excluding hydrogens is 342 g/mol. The fourth-order valence-corrected chi connectivity index (χ4v) is 3.32. The van der Waals surface area contributed by atoms with Crippen molar-refractivity contribution in [3.8, 4) is 18.2 Å². The molecule has 28 heavy (non-hydrogen) atoms. The number of nitrogens with zero attached hydrogens (tertiary/aromatic N) is 3. The number of hydrogen-bond donors (Lipinski definition) is 0. The SMILES string of the molecule is Cc1cc(CC(C#N)c2cc(C)cc(C(C)(C)C#N)c2)cc(C(C)(C)C#N)c1. The van der Waals surface area contributed by atoms with Gasteiger partial charge >= 0.3 is 0 Å². The van der Waals surface area contributed by atoms with Crippen molar-refractivity contribution in [1.29, 1.82) is 15.8 Å². The Kier molecular flexibility index (Phi) is 5.97. The van der Waals surface area contributed by atoms with Crippen LogP contribution in [-0.2, 0) is 17.3 Å². The Morgan fingerprint density at radius 2 is 1.25 bits per heavy atom. The molecule has 0 radical (unpaired) electrons. The topological polar surface area (TPSA) is 71.4 Å². The minimum absolute atomic E-state index is 0.312. The second-order valence-corrected chi connectivity index (χ2v) is 8.70. The lowest BCUT2D eigenvalue weighted by molar-refractivity contribution is 0.680. The van der Waals surface area contributed by atoms with Gasteiger partial charge in [-0.25, -0.2) is 0 Å². The molecule has 3 heteroatoms. The molecule has 0 heterocycles. The monoisotopic (exact) mass is 369 g/mol. The molecule has 1 unspecified atom stereocenters. The van der Waals surface area contributed by atoms with Gasteiger partial charge < -0.3 is 0 Å². The summed E-state index contributed by atoms with van der Waals surface area (Å²) in [5.74, 6) is -0.312. The Labute approximate surface area is 168 Å². The first-order valence-corrected chi connectivity index (χ1v) is 9.47. The van der Waals surface area contributed by atoms with Gasteiger partial charge in [-0.1, -0.05) is 47.5 Å². The van der Waals surface area contributed by atoms with E-state index in [1.54, 1.807) is 0 Å². The third kappa shape index (κ3) is 4.60. The summed E-state index contributed by atoms with van der Waals surface area (Å²) in [6, 6.07) is 19.3. The number of hydrogen-bond acceptors (Lipinski definition) is 3. The molecule has 0 N–H and O–H groups in total. The summed E-state index contributed by atoms with van der Waals surface area (Å²) in [4.78, 5) is 0. The van der Waals surface area contributed by atoms with Crippen molar-refractivity contribution in [1.82, 2.24) is 0 Å². The van der Waals surface area contributed by atoms with E-state index >= 15 is 0 Å². The number of benzene rings is 2. The van der Waals surface area contributed by atoms with E-state index in [0.717, 1.165) is 33.4 Å². The van der Waals surface area contributed by atoms with Crippen LogP contribution in [0.3, 0.4) is 0 Å². The van der Waals surface area contributed by atoms with Crippen molar-refractivity contribution in [2.24, 2.45) is 0 Å². The maximum Gasteiger partial charge on any atom is 0.0766 e. The minimum Gasteiger partial charge on any atom is -0.198 e. The smallest absolute Gasteiger partial charge is 0.0766 e. The average molecular weight is 370 g/mol. The molecule has 0 fully saturated rings. The van der Waals surface area contributed by atoms with Crippen LogP contribution in [0.4, 0.5) is 0 Å². The van der Waals surface area contributed by atoms with Gasteiger partial charge in [-0.3, -0.25) is 0 Å². The third-order valence-electron chi connectivity index (χ3n) is 5.24. The zero-order valence-electron chi connectivity index (χ0n) is 17.6. The van der Waals surface area contributed by atoms with E-state index in [4.69, 9.17) is 0 Å². The molecule has 2 aromatic rings. The molecule has 0 saturated carbocycles. The van der Waals surface area contributed by atoms with E-state index in [1.165, 1.54) is 0 Å². The molecule has 142 valence electrons. The van der Waals surface area contributed by atoms with E-state index in [2.05, 4.69) is 24.3 Å². The molecule has 2 rings (SSSR count). The molecule has 0 saturated heterocycles. The summed E-state index contributed by atoms with van der Waals surface area (Å²) in [5, 5.41) is 28.8. The van der Waals surface area contributed by atoms with Crippen molar-refractivity contribution < 1.29 is 0 Å². The van der Waals surface area contributed by atoms with Crippen LogP contribution in [0.15, 0.2) is 36.4 Å². The van der Waals surface area contributed by atoms with E-state index in [-0.39, 0.29) is 5.92 Å². The molecule has 0 bridgehead atoms. The first-order chi connectivity index (χ1) is 13.0. The van der Waals surface area contributed by atoms with Crippen LogP contribution in [0.2, 0.25) is 0 Å². The molecular formula is C25H27N3. The van der Waals surface area contributed by atoms with Gasteiger partial charge in [0.25, 0.3) is 0 Å². The Balaban J connectivity index is 2.46. The van der Waals surface area contributed by atoms with Crippen LogP contribution in [0.1, 0.15) is 67.0 Å². The highest BCUT2D eigenvalue weighted by atomic mass is 14.4. The average Bonchev–Trinajstić information content (AvgIpc) is 2.65. The normalized spacial score (nSPS) is 12.5. The van der Waals surface area contributed by atoms with Gasteiger partial charge in [-0.2, -0.15) is 15.8 Å². The van der Waals surface area contributed by atoms with E-state index in [0.29, 0.717) is 6.42 Å². The summed E-state index contributed by atoms with van der Waals surface area (Å²) in [6.45, 7) is 11.6. The number of rotatable bonds is 5. The van der Waals surface area contributed by atoms with Crippen LogP contribution in [0.25, 0.3) is 0 Å². The van der Waals surface area contributed by atoms with Crippen LogP contribution < -0.4 is 0 Å². The number of nitriles is 3. The van der Waals surface area contributed by atoms with Crippen molar-refractivity contribution >= 4 is 0 Å². The standard InChI is InChI=1S/C25H27N3/c1-17-7-19(12-22(9-17)24(3,4)15-27)11-21(14-26)20-8-18(2)10-23(13-20)25(5,6)16-28/h7-10,12-13,21H,11H2,1-6H3. The van der Waals surface area contributed by atoms with Gasteiger partial charge in [0, 0.05) is 0 Å². The summed E-state index contributed by atoms with van der Waals surface area (Å²) in [7, 11) is 0. The predicted octanol–water partition coefficient (Wildman–Crippen LogP) is 5.76. The number of aryl methyl sites for hydroxylation is 2. The first kappa shape index (κ1) is 21.2. The minimum atomic E-state index is -0.603. The Morgan fingerprint density at radius 3 is 1.75 bits per heavy atom. The lowest BCUT2D eigenvalue weighted by Gasteiger charge is -2.21. The quantitative estimate of drug-likeness (QED) is 0.673. The van der Waals surface area contributed by atoms with E-state index < -0.39 is 10.8 Å². The van der Waals surface area contributed by atoms with Crippen LogP contribution in [0.5, 0.6) is 0 Å². The molecule has 0 aromatic heterocycles. The van der Waals surface area contributed by atoms with Crippen LogP contribution in [-0.4, -0.2) is 0 Å². The molecule has 0 spiro atoms. The maximum atomic E-state index is 9.86. The second kappa shape index (κ2) is 7.88. The lowest BCUT2D eigenvalue weighted by Crippen LogP contribution is -2.16. The summed E-state index contributed by atoms with van der Waals surface area (Å²) >= 11 is 0.